The highest BCUT2D eigenvalue weighted by molar-refractivity contribution is 14.0. The predicted molar refractivity (Wildman–Crippen MR) is 104 cm³/mol. The summed E-state index contributed by atoms with van der Waals surface area (Å²) in [6.07, 6.45) is 1.33. The van der Waals surface area contributed by atoms with E-state index in [4.69, 9.17) is 4.74 Å². The van der Waals surface area contributed by atoms with Crippen LogP contribution in [0.3, 0.4) is 0 Å². The number of rotatable bonds is 5. The highest BCUT2D eigenvalue weighted by Gasteiger charge is 2.29. The Morgan fingerprint density at radius 3 is 2.61 bits per heavy atom. The number of halogens is 1. The number of hydrogen-bond acceptors (Lipinski definition) is 3. The second-order valence-corrected chi connectivity index (χ2v) is 5.81. The largest absolute Gasteiger partial charge is 0.388 e. The molecule has 0 aliphatic carbocycles. The predicted octanol–water partition coefficient (Wildman–Crippen LogP) is 2.21. The van der Waals surface area contributed by atoms with Gasteiger partial charge in [-0.1, -0.05) is 24.3 Å². The van der Waals surface area contributed by atoms with E-state index in [2.05, 4.69) is 34.7 Å². The summed E-state index contributed by atoms with van der Waals surface area (Å²) in [6, 6.07) is 8.25. The highest BCUT2D eigenvalue weighted by atomic mass is 127. The molecular weight excluding hydrogens is 405 g/mol. The Labute approximate surface area is 155 Å². The Morgan fingerprint density at radius 2 is 1.96 bits per heavy atom. The zero-order valence-corrected chi connectivity index (χ0v) is 16.3. The normalized spacial score (nSPS) is 17.3. The molecule has 5 nitrogen and oxygen atoms in total. The number of aliphatic imine (C=N–C) groups is 1. The van der Waals surface area contributed by atoms with E-state index in [0.717, 1.165) is 12.5 Å². The zero-order valence-electron chi connectivity index (χ0n) is 14.0. The lowest BCUT2D eigenvalue weighted by Crippen LogP contribution is -2.49. The van der Waals surface area contributed by atoms with E-state index in [9.17, 15) is 5.11 Å². The number of nitrogens with one attached hydrogen (secondary N) is 2. The molecule has 1 aromatic carbocycles. The van der Waals surface area contributed by atoms with E-state index in [0.29, 0.717) is 39.1 Å². The summed E-state index contributed by atoms with van der Waals surface area (Å²) in [5, 5.41) is 17.0. The zero-order chi connectivity index (χ0) is 15.8. The SMILES string of the molecule is CCNC(=NCc1ccccc1C)NCC1(O)CCOCC1.I. The summed E-state index contributed by atoms with van der Waals surface area (Å²) in [5.74, 6) is 0.741. The molecule has 1 saturated heterocycles. The second-order valence-electron chi connectivity index (χ2n) is 5.81. The molecule has 0 aromatic heterocycles. The maximum atomic E-state index is 10.5. The Hall–Kier alpha value is -0.860. The maximum Gasteiger partial charge on any atom is 0.191 e. The lowest BCUT2D eigenvalue weighted by atomic mass is 9.94. The molecule has 0 atom stereocenters. The van der Waals surface area contributed by atoms with E-state index < -0.39 is 5.60 Å². The number of nitrogens with zero attached hydrogens (tertiary/aromatic N) is 1. The fourth-order valence-corrected chi connectivity index (χ4v) is 2.47. The number of benzene rings is 1. The molecule has 23 heavy (non-hydrogen) atoms. The van der Waals surface area contributed by atoms with Gasteiger partial charge in [0, 0.05) is 39.1 Å². The fourth-order valence-electron chi connectivity index (χ4n) is 2.47. The van der Waals surface area contributed by atoms with Crippen LogP contribution in [-0.2, 0) is 11.3 Å². The molecule has 1 aromatic rings. The minimum atomic E-state index is -0.697. The summed E-state index contributed by atoms with van der Waals surface area (Å²) < 4.78 is 5.30. The fraction of sp³-hybridized carbons (Fsp3) is 0.588. The van der Waals surface area contributed by atoms with Crippen LogP contribution in [0.25, 0.3) is 0 Å². The maximum absolute atomic E-state index is 10.5. The smallest absolute Gasteiger partial charge is 0.191 e. The van der Waals surface area contributed by atoms with Gasteiger partial charge in [0.2, 0.25) is 0 Å². The van der Waals surface area contributed by atoms with Gasteiger partial charge in [-0.2, -0.15) is 0 Å². The van der Waals surface area contributed by atoms with Gasteiger partial charge in [0.25, 0.3) is 0 Å². The van der Waals surface area contributed by atoms with Crippen molar-refractivity contribution in [3.8, 4) is 0 Å². The molecule has 0 unspecified atom stereocenters. The number of ether oxygens (including phenoxy) is 1. The van der Waals surface area contributed by atoms with Gasteiger partial charge in [-0.15, -0.1) is 24.0 Å². The van der Waals surface area contributed by atoms with Gasteiger partial charge in [-0.25, -0.2) is 4.99 Å². The third kappa shape index (κ3) is 6.64. The van der Waals surface area contributed by atoms with Crippen LogP contribution >= 0.6 is 24.0 Å². The van der Waals surface area contributed by atoms with Crippen molar-refractivity contribution in [1.82, 2.24) is 10.6 Å². The van der Waals surface area contributed by atoms with Crippen molar-refractivity contribution in [2.24, 2.45) is 4.99 Å². The quantitative estimate of drug-likeness (QED) is 0.379. The molecule has 1 aliphatic heterocycles. The van der Waals surface area contributed by atoms with E-state index in [1.807, 2.05) is 19.1 Å². The van der Waals surface area contributed by atoms with E-state index in [-0.39, 0.29) is 24.0 Å². The van der Waals surface area contributed by atoms with Crippen molar-refractivity contribution in [1.29, 1.82) is 0 Å². The van der Waals surface area contributed by atoms with Crippen molar-refractivity contribution in [3.63, 3.8) is 0 Å². The molecule has 0 amide bonds. The highest BCUT2D eigenvalue weighted by Crippen LogP contribution is 2.19. The van der Waals surface area contributed by atoms with Crippen LogP contribution < -0.4 is 10.6 Å². The lowest BCUT2D eigenvalue weighted by Gasteiger charge is -2.32. The first-order chi connectivity index (χ1) is 10.6. The number of aryl methyl sites for hydroxylation is 1. The van der Waals surface area contributed by atoms with Gasteiger partial charge < -0.3 is 20.5 Å². The standard InChI is InChI=1S/C17H27N3O2.HI/c1-3-18-16(19-12-15-7-5-4-6-14(15)2)20-13-17(21)8-10-22-11-9-17;/h4-7,21H,3,8-13H2,1-2H3,(H2,18,19,20);1H. The van der Waals surface area contributed by atoms with Gasteiger partial charge in [-0.3, -0.25) is 0 Å². The summed E-state index contributed by atoms with van der Waals surface area (Å²) in [4.78, 5) is 4.61. The number of guanidine groups is 1. The van der Waals surface area contributed by atoms with Crippen LogP contribution in [0.1, 0.15) is 30.9 Å². The molecule has 2 rings (SSSR count). The third-order valence-corrected chi connectivity index (χ3v) is 4.02. The first-order valence-corrected chi connectivity index (χ1v) is 8.00. The lowest BCUT2D eigenvalue weighted by molar-refractivity contribution is -0.0594. The van der Waals surface area contributed by atoms with Crippen LogP contribution in [0.4, 0.5) is 0 Å². The van der Waals surface area contributed by atoms with Crippen LogP contribution in [0.5, 0.6) is 0 Å². The van der Waals surface area contributed by atoms with E-state index in [1.165, 1.54) is 11.1 Å². The first kappa shape index (κ1) is 20.2. The molecule has 3 N–H and O–H groups in total. The Balaban J connectivity index is 0.00000264. The van der Waals surface area contributed by atoms with Crippen LogP contribution in [-0.4, -0.2) is 43.0 Å². The Kier molecular flexibility index (Phi) is 8.86. The summed E-state index contributed by atoms with van der Waals surface area (Å²) in [7, 11) is 0. The van der Waals surface area contributed by atoms with Crippen molar-refractivity contribution < 1.29 is 9.84 Å². The van der Waals surface area contributed by atoms with Crippen molar-refractivity contribution in [3.05, 3.63) is 35.4 Å². The van der Waals surface area contributed by atoms with Crippen LogP contribution in [0.15, 0.2) is 29.3 Å². The van der Waals surface area contributed by atoms with Gasteiger partial charge >= 0.3 is 0 Å². The molecule has 0 spiro atoms. The molecule has 130 valence electrons. The number of hydrogen-bond donors (Lipinski definition) is 3. The summed E-state index contributed by atoms with van der Waals surface area (Å²) >= 11 is 0. The molecule has 6 heteroatoms. The topological polar surface area (TPSA) is 65.9 Å². The molecule has 0 radical (unpaired) electrons. The van der Waals surface area contributed by atoms with Crippen molar-refractivity contribution in [2.45, 2.75) is 38.8 Å². The van der Waals surface area contributed by atoms with Crippen molar-refractivity contribution in [2.75, 3.05) is 26.3 Å². The molecular formula is C17H28IN3O2. The molecule has 0 saturated carbocycles. The van der Waals surface area contributed by atoms with Crippen LogP contribution in [0.2, 0.25) is 0 Å². The molecule has 1 fully saturated rings. The van der Waals surface area contributed by atoms with Gasteiger partial charge in [0.1, 0.15) is 0 Å². The monoisotopic (exact) mass is 433 g/mol. The van der Waals surface area contributed by atoms with E-state index >= 15 is 0 Å². The average Bonchev–Trinajstić information content (AvgIpc) is 2.52. The Bertz CT molecular complexity index is 502. The minimum Gasteiger partial charge on any atom is -0.388 e. The van der Waals surface area contributed by atoms with Gasteiger partial charge in [0.05, 0.1) is 12.1 Å². The first-order valence-electron chi connectivity index (χ1n) is 8.00. The minimum absolute atomic E-state index is 0. The Morgan fingerprint density at radius 1 is 1.26 bits per heavy atom. The summed E-state index contributed by atoms with van der Waals surface area (Å²) in [6.45, 7) is 7.29. The second kappa shape index (κ2) is 10.1. The number of aliphatic hydroxyl groups is 1. The third-order valence-electron chi connectivity index (χ3n) is 4.02. The van der Waals surface area contributed by atoms with E-state index in [1.54, 1.807) is 0 Å². The molecule has 1 heterocycles. The molecule has 0 bridgehead atoms. The summed E-state index contributed by atoms with van der Waals surface area (Å²) in [5.41, 5.74) is 1.76. The van der Waals surface area contributed by atoms with Crippen LogP contribution in [0, 0.1) is 6.92 Å². The van der Waals surface area contributed by atoms with Gasteiger partial charge in [0.15, 0.2) is 5.96 Å². The van der Waals surface area contributed by atoms with Gasteiger partial charge in [-0.05, 0) is 25.0 Å². The molecule has 1 aliphatic rings. The average molecular weight is 433 g/mol. The van der Waals surface area contributed by atoms with Crippen molar-refractivity contribution >= 4 is 29.9 Å².